The average Bonchev–Trinajstić information content (AvgIpc) is 2.88. The number of halogens is 1. The van der Waals surface area contributed by atoms with Crippen molar-refractivity contribution < 1.29 is 4.74 Å². The smallest absolute Gasteiger partial charge is 0.258 e. The van der Waals surface area contributed by atoms with Gasteiger partial charge in [0.15, 0.2) is 0 Å². The van der Waals surface area contributed by atoms with Gasteiger partial charge in [0.2, 0.25) is 0 Å². The van der Waals surface area contributed by atoms with E-state index in [2.05, 4.69) is 39.5 Å². The number of aryl methyl sites for hydroxylation is 1. The first-order valence-electron chi connectivity index (χ1n) is 12.8. The zero-order chi connectivity index (χ0) is 24.5. The summed E-state index contributed by atoms with van der Waals surface area (Å²) in [5.74, 6) is 0.534. The minimum atomic E-state index is -0.0904. The van der Waals surface area contributed by atoms with Crippen LogP contribution in [0.4, 0.5) is 0 Å². The van der Waals surface area contributed by atoms with Gasteiger partial charge in [-0.3, -0.25) is 19.2 Å². The van der Waals surface area contributed by atoms with E-state index in [1.54, 1.807) is 23.0 Å². The predicted molar refractivity (Wildman–Crippen MR) is 143 cm³/mol. The number of ether oxygens (including phenoxy) is 1. The molecule has 36 heavy (non-hydrogen) atoms. The van der Waals surface area contributed by atoms with E-state index in [0.29, 0.717) is 16.2 Å². The van der Waals surface area contributed by atoms with E-state index in [1.807, 2.05) is 12.1 Å². The van der Waals surface area contributed by atoms with Crippen LogP contribution < -0.4 is 15.6 Å². The maximum absolute atomic E-state index is 12.9. The van der Waals surface area contributed by atoms with Gasteiger partial charge in [-0.1, -0.05) is 29.8 Å². The maximum Gasteiger partial charge on any atom is 0.258 e. The van der Waals surface area contributed by atoms with E-state index < -0.39 is 0 Å². The van der Waals surface area contributed by atoms with E-state index in [9.17, 15) is 4.79 Å². The van der Waals surface area contributed by atoms with E-state index in [1.165, 1.54) is 61.8 Å². The molecule has 0 amide bonds. The lowest BCUT2D eigenvalue weighted by atomic mass is 9.73. The molecule has 0 bridgehead atoms. The molecule has 3 aliphatic rings. The quantitative estimate of drug-likeness (QED) is 0.533. The van der Waals surface area contributed by atoms with Gasteiger partial charge in [0.05, 0.1) is 10.7 Å². The van der Waals surface area contributed by atoms with E-state index >= 15 is 0 Å². The molecule has 4 heterocycles. The number of rotatable bonds is 6. The van der Waals surface area contributed by atoms with Crippen molar-refractivity contribution in [1.29, 1.82) is 0 Å². The molecule has 0 unspecified atom stereocenters. The Labute approximate surface area is 216 Å². The number of hydrogen-bond acceptors (Lipinski definition) is 5. The van der Waals surface area contributed by atoms with Crippen molar-refractivity contribution in [3.05, 3.63) is 92.6 Å². The second kappa shape index (κ2) is 9.85. The van der Waals surface area contributed by atoms with Crippen LogP contribution in [0.2, 0.25) is 5.02 Å². The highest BCUT2D eigenvalue weighted by molar-refractivity contribution is 6.30. The summed E-state index contributed by atoms with van der Waals surface area (Å²) < 4.78 is 7.49. The van der Waals surface area contributed by atoms with Crippen LogP contribution in [-0.4, -0.2) is 40.6 Å². The monoisotopic (exact) mass is 502 g/mol. The molecule has 3 aromatic rings. The van der Waals surface area contributed by atoms with Gasteiger partial charge in [-0.2, -0.15) is 0 Å². The van der Waals surface area contributed by atoms with Crippen LogP contribution in [0, 0.1) is 5.41 Å². The topological polar surface area (TPSA) is 59.4 Å². The fourth-order valence-electron chi connectivity index (χ4n) is 5.53. The summed E-state index contributed by atoms with van der Waals surface area (Å²) in [6.45, 7) is 6.11. The highest BCUT2D eigenvalue weighted by Crippen LogP contribution is 2.35. The fraction of sp³-hybridized carbons (Fsp3) is 0.379. The van der Waals surface area contributed by atoms with Crippen LogP contribution in [0.25, 0.3) is 11.8 Å². The van der Waals surface area contributed by atoms with Crippen molar-refractivity contribution in [2.24, 2.45) is 5.41 Å². The lowest BCUT2D eigenvalue weighted by Crippen LogP contribution is -2.58. The van der Waals surface area contributed by atoms with Gasteiger partial charge in [-0.25, -0.2) is 0 Å². The molecule has 1 aromatic carbocycles. The molecule has 6 rings (SSSR count). The van der Waals surface area contributed by atoms with Crippen molar-refractivity contribution >= 4 is 23.4 Å². The molecule has 0 saturated carbocycles. The van der Waals surface area contributed by atoms with Crippen molar-refractivity contribution in [3.8, 4) is 5.75 Å². The molecular weight excluding hydrogens is 472 g/mol. The molecule has 7 heteroatoms. The summed E-state index contributed by atoms with van der Waals surface area (Å²) in [5, 5.41) is 4.03. The highest BCUT2D eigenvalue weighted by Gasteiger charge is 2.39. The van der Waals surface area contributed by atoms with Crippen LogP contribution in [0.3, 0.4) is 0 Å². The first-order valence-corrected chi connectivity index (χ1v) is 13.1. The van der Waals surface area contributed by atoms with Crippen LogP contribution in [0.5, 0.6) is 5.75 Å². The second-order valence-corrected chi connectivity index (χ2v) is 10.8. The van der Waals surface area contributed by atoms with E-state index in [-0.39, 0.29) is 12.2 Å². The SMILES string of the molecule is O=c1cc(OCc2ccc(Cl)cn2)ccn1C1=Cc2ccc(CN3CCC4(CC3)CNC4)cc2CC1. The maximum atomic E-state index is 12.9. The average molecular weight is 503 g/mol. The Hall–Kier alpha value is -2.93. The van der Waals surface area contributed by atoms with Crippen molar-refractivity contribution in [2.75, 3.05) is 26.2 Å². The minimum absolute atomic E-state index is 0.0904. The Morgan fingerprint density at radius 1 is 1.06 bits per heavy atom. The number of piperidine rings is 1. The lowest BCUT2D eigenvalue weighted by molar-refractivity contribution is 0.0520. The highest BCUT2D eigenvalue weighted by atomic mass is 35.5. The zero-order valence-electron chi connectivity index (χ0n) is 20.4. The van der Waals surface area contributed by atoms with Gasteiger partial charge in [0.25, 0.3) is 5.56 Å². The van der Waals surface area contributed by atoms with Crippen molar-refractivity contribution in [3.63, 3.8) is 0 Å². The van der Waals surface area contributed by atoms with Gasteiger partial charge < -0.3 is 10.1 Å². The Morgan fingerprint density at radius 2 is 1.92 bits per heavy atom. The molecule has 0 atom stereocenters. The van der Waals surface area contributed by atoms with Crippen LogP contribution >= 0.6 is 11.6 Å². The Bertz CT molecular complexity index is 1330. The molecule has 2 aromatic heterocycles. The van der Waals surface area contributed by atoms with Crippen LogP contribution in [0.15, 0.2) is 59.7 Å². The number of allylic oxidation sites excluding steroid dienone is 1. The van der Waals surface area contributed by atoms with Crippen molar-refractivity contribution in [1.82, 2.24) is 19.8 Å². The summed E-state index contributed by atoms with van der Waals surface area (Å²) in [7, 11) is 0. The molecule has 1 N–H and O–H groups in total. The standard InChI is InChI=1S/C29H31ClN4O2/c30-24-4-5-25(32-16-24)18-36-27-7-10-34(28(35)15-27)26-6-3-22-13-21(1-2-23(22)14-26)17-33-11-8-29(9-12-33)19-31-20-29/h1-2,4-5,7,10,13-16,31H,3,6,8-9,11-12,17-20H2. The van der Waals surface area contributed by atoms with Gasteiger partial charge >= 0.3 is 0 Å². The van der Waals surface area contributed by atoms with Gasteiger partial charge in [-0.15, -0.1) is 0 Å². The summed E-state index contributed by atoms with van der Waals surface area (Å²) in [6.07, 6.45) is 9.95. The molecule has 2 fully saturated rings. The zero-order valence-corrected chi connectivity index (χ0v) is 21.1. The summed E-state index contributed by atoms with van der Waals surface area (Å²) in [4.78, 5) is 19.7. The van der Waals surface area contributed by atoms with Gasteiger partial charge in [0.1, 0.15) is 12.4 Å². The fourth-order valence-corrected chi connectivity index (χ4v) is 5.64. The molecule has 1 aliphatic carbocycles. The number of nitrogens with zero attached hydrogens (tertiary/aromatic N) is 3. The number of pyridine rings is 2. The normalized spacial score (nSPS) is 18.9. The second-order valence-electron chi connectivity index (χ2n) is 10.4. The molecule has 2 aliphatic heterocycles. The first kappa shape index (κ1) is 23.5. The lowest BCUT2D eigenvalue weighted by Gasteiger charge is -2.48. The Kier molecular flexibility index (Phi) is 6.42. The number of aromatic nitrogens is 2. The summed E-state index contributed by atoms with van der Waals surface area (Å²) >= 11 is 5.88. The van der Waals surface area contributed by atoms with Gasteiger partial charge in [0, 0.05) is 43.8 Å². The molecule has 2 saturated heterocycles. The molecule has 1 spiro atoms. The first-order chi connectivity index (χ1) is 17.6. The van der Waals surface area contributed by atoms with Crippen LogP contribution in [0.1, 0.15) is 41.6 Å². The molecule has 6 nitrogen and oxygen atoms in total. The largest absolute Gasteiger partial charge is 0.487 e. The number of benzene rings is 1. The summed E-state index contributed by atoms with van der Waals surface area (Å²) in [5.41, 5.74) is 6.24. The third-order valence-corrected chi connectivity index (χ3v) is 8.10. The third kappa shape index (κ3) is 4.99. The minimum Gasteiger partial charge on any atom is -0.487 e. The van der Waals surface area contributed by atoms with E-state index in [4.69, 9.17) is 16.3 Å². The molecule has 0 radical (unpaired) electrons. The number of fused-ring (bicyclic) bond motifs is 1. The Morgan fingerprint density at radius 3 is 2.64 bits per heavy atom. The number of hydrogen-bond donors (Lipinski definition) is 1. The summed E-state index contributed by atoms with van der Waals surface area (Å²) in [6, 6.07) is 13.8. The van der Waals surface area contributed by atoms with Gasteiger partial charge in [-0.05, 0) is 85.2 Å². The Balaban J connectivity index is 1.10. The molecular formula is C29H31ClN4O2. The third-order valence-electron chi connectivity index (χ3n) is 7.88. The molecule has 186 valence electrons. The van der Waals surface area contributed by atoms with Crippen molar-refractivity contribution in [2.45, 2.75) is 38.8 Å². The van der Waals surface area contributed by atoms with Crippen LogP contribution in [-0.2, 0) is 19.6 Å². The number of nitrogens with one attached hydrogen (secondary N) is 1. The van der Waals surface area contributed by atoms with E-state index in [0.717, 1.165) is 30.8 Å². The predicted octanol–water partition coefficient (Wildman–Crippen LogP) is 4.61. The number of likely N-dealkylation sites (tertiary alicyclic amines) is 1.